The molecule has 0 bridgehead atoms. The molecule has 2 N–H and O–H groups in total. The maximum atomic E-state index is 13.6. The molecule has 0 unspecified atom stereocenters. The van der Waals surface area contributed by atoms with Crippen molar-refractivity contribution in [2.45, 2.75) is 26.4 Å². The predicted octanol–water partition coefficient (Wildman–Crippen LogP) is 2.98. The summed E-state index contributed by atoms with van der Waals surface area (Å²) in [6, 6.07) is 1.58. The second kappa shape index (κ2) is 6.88. The summed E-state index contributed by atoms with van der Waals surface area (Å²) >= 11 is 0. The molecular formula is C14H17FN2O5. The van der Waals surface area contributed by atoms with Crippen LogP contribution >= 0.6 is 0 Å². The SMILES string of the molecule is CC(C)(C)OC(=O)NCC=Cc1cc([N+](=O)[O-])c(O)cc1F. The number of benzene rings is 1. The number of hydrogen-bond donors (Lipinski definition) is 2. The summed E-state index contributed by atoms with van der Waals surface area (Å²) in [5, 5.41) is 22.3. The molecule has 120 valence electrons. The number of nitrogens with one attached hydrogen (secondary N) is 1. The number of aromatic hydroxyl groups is 1. The molecule has 0 atom stereocenters. The summed E-state index contributed by atoms with van der Waals surface area (Å²) < 4.78 is 18.6. The van der Waals surface area contributed by atoms with Crippen LogP contribution in [0.4, 0.5) is 14.9 Å². The third-order valence-electron chi connectivity index (χ3n) is 2.35. The molecule has 0 saturated heterocycles. The topological polar surface area (TPSA) is 102 Å². The summed E-state index contributed by atoms with van der Waals surface area (Å²) in [4.78, 5) is 21.2. The fraction of sp³-hybridized carbons (Fsp3) is 0.357. The highest BCUT2D eigenvalue weighted by Gasteiger charge is 2.17. The van der Waals surface area contributed by atoms with Crippen LogP contribution in [0.2, 0.25) is 0 Å². The van der Waals surface area contributed by atoms with E-state index in [9.17, 15) is 24.4 Å². The number of alkyl carbamates (subject to hydrolysis) is 1. The van der Waals surface area contributed by atoms with E-state index in [1.54, 1.807) is 20.8 Å². The van der Waals surface area contributed by atoms with E-state index in [1.807, 2.05) is 0 Å². The Balaban J connectivity index is 2.69. The Hall–Kier alpha value is -2.64. The van der Waals surface area contributed by atoms with Crippen molar-refractivity contribution in [3.8, 4) is 5.75 Å². The van der Waals surface area contributed by atoms with Gasteiger partial charge < -0.3 is 15.2 Å². The molecule has 22 heavy (non-hydrogen) atoms. The van der Waals surface area contributed by atoms with Gasteiger partial charge in [0.2, 0.25) is 0 Å². The Morgan fingerprint density at radius 1 is 1.50 bits per heavy atom. The van der Waals surface area contributed by atoms with E-state index < -0.39 is 33.9 Å². The van der Waals surface area contributed by atoms with E-state index in [0.29, 0.717) is 6.07 Å². The average molecular weight is 312 g/mol. The van der Waals surface area contributed by atoms with Gasteiger partial charge in [0.05, 0.1) is 4.92 Å². The van der Waals surface area contributed by atoms with Crippen molar-refractivity contribution >= 4 is 17.9 Å². The van der Waals surface area contributed by atoms with Crippen molar-refractivity contribution in [1.29, 1.82) is 0 Å². The Morgan fingerprint density at radius 2 is 2.14 bits per heavy atom. The van der Waals surface area contributed by atoms with Crippen LogP contribution in [0.3, 0.4) is 0 Å². The number of carbonyl (C=O) groups is 1. The molecule has 8 heteroatoms. The van der Waals surface area contributed by atoms with E-state index >= 15 is 0 Å². The first-order chi connectivity index (χ1) is 10.1. The molecule has 0 aliphatic rings. The Bertz CT molecular complexity index is 608. The number of phenols is 1. The molecule has 0 fully saturated rings. The Labute approximate surface area is 126 Å². The highest BCUT2D eigenvalue weighted by atomic mass is 19.1. The molecule has 0 radical (unpaired) electrons. The Kier molecular flexibility index (Phi) is 5.44. The van der Waals surface area contributed by atoms with E-state index in [2.05, 4.69) is 5.32 Å². The summed E-state index contributed by atoms with van der Waals surface area (Å²) in [6.45, 7) is 5.21. The van der Waals surface area contributed by atoms with E-state index in [4.69, 9.17) is 4.74 Å². The lowest BCUT2D eigenvalue weighted by Crippen LogP contribution is -2.32. The first-order valence-corrected chi connectivity index (χ1v) is 6.40. The van der Waals surface area contributed by atoms with E-state index in [0.717, 1.165) is 6.07 Å². The van der Waals surface area contributed by atoms with Crippen LogP contribution in [0.1, 0.15) is 26.3 Å². The summed E-state index contributed by atoms with van der Waals surface area (Å²) in [7, 11) is 0. The maximum Gasteiger partial charge on any atom is 0.407 e. The van der Waals surface area contributed by atoms with Gasteiger partial charge in [0, 0.05) is 24.2 Å². The molecule has 0 heterocycles. The van der Waals surface area contributed by atoms with Gasteiger partial charge in [-0.05, 0) is 20.8 Å². The number of amides is 1. The average Bonchev–Trinajstić information content (AvgIpc) is 2.33. The number of nitro groups is 1. The lowest BCUT2D eigenvalue weighted by Gasteiger charge is -2.19. The molecule has 1 amide bonds. The van der Waals surface area contributed by atoms with Crippen LogP contribution in [-0.2, 0) is 4.74 Å². The second-order valence-electron chi connectivity index (χ2n) is 5.40. The van der Waals surface area contributed by atoms with Gasteiger partial charge in [-0.2, -0.15) is 0 Å². The molecule has 1 rings (SSSR count). The van der Waals surface area contributed by atoms with Crippen molar-refractivity contribution < 1.29 is 24.0 Å². The number of carbonyl (C=O) groups excluding carboxylic acids is 1. The number of nitro benzene ring substituents is 1. The summed E-state index contributed by atoms with van der Waals surface area (Å²) in [5.41, 5.74) is -1.30. The van der Waals surface area contributed by atoms with Gasteiger partial charge in [-0.3, -0.25) is 10.1 Å². The van der Waals surface area contributed by atoms with E-state index in [-0.39, 0.29) is 12.1 Å². The van der Waals surface area contributed by atoms with E-state index in [1.165, 1.54) is 12.2 Å². The molecule has 0 aromatic heterocycles. The third-order valence-corrected chi connectivity index (χ3v) is 2.35. The van der Waals surface area contributed by atoms with Crippen LogP contribution in [0.25, 0.3) is 6.08 Å². The van der Waals surface area contributed by atoms with Gasteiger partial charge in [0.15, 0.2) is 5.75 Å². The lowest BCUT2D eigenvalue weighted by atomic mass is 10.1. The standard InChI is InChI=1S/C14H17FN2O5/c1-14(2,3)22-13(19)16-6-4-5-9-7-11(17(20)21)12(18)8-10(9)15/h4-5,7-8,18H,6H2,1-3H3,(H,16,19). The minimum Gasteiger partial charge on any atom is -0.502 e. The number of ether oxygens (including phenoxy) is 1. The number of phenolic OH excluding ortho intramolecular Hbond substituents is 1. The van der Waals surface area contributed by atoms with Crippen molar-refractivity contribution in [1.82, 2.24) is 5.32 Å². The number of rotatable bonds is 4. The molecule has 0 aliphatic heterocycles. The quantitative estimate of drug-likeness (QED) is 0.657. The van der Waals surface area contributed by atoms with Gasteiger partial charge in [-0.25, -0.2) is 9.18 Å². The first kappa shape index (κ1) is 17.4. The zero-order valence-electron chi connectivity index (χ0n) is 12.4. The van der Waals surface area contributed by atoms with Crippen molar-refractivity contribution in [2.24, 2.45) is 0 Å². The molecule has 0 aliphatic carbocycles. The minimum atomic E-state index is -0.814. The van der Waals surface area contributed by atoms with Crippen LogP contribution in [0.15, 0.2) is 18.2 Å². The highest BCUT2D eigenvalue weighted by Crippen LogP contribution is 2.29. The van der Waals surface area contributed by atoms with Crippen LogP contribution in [0.5, 0.6) is 5.75 Å². The second-order valence-corrected chi connectivity index (χ2v) is 5.40. The van der Waals surface area contributed by atoms with Gasteiger partial charge in [0.25, 0.3) is 0 Å². The first-order valence-electron chi connectivity index (χ1n) is 6.40. The molecular weight excluding hydrogens is 295 g/mol. The fourth-order valence-electron chi connectivity index (χ4n) is 1.48. The third kappa shape index (κ3) is 5.39. The molecule has 0 spiro atoms. The maximum absolute atomic E-state index is 13.6. The molecule has 0 saturated carbocycles. The van der Waals surface area contributed by atoms with Crippen LogP contribution in [-0.4, -0.2) is 28.3 Å². The van der Waals surface area contributed by atoms with Gasteiger partial charge in [0.1, 0.15) is 11.4 Å². The minimum absolute atomic E-state index is 0.0586. The molecule has 1 aromatic carbocycles. The lowest BCUT2D eigenvalue weighted by molar-refractivity contribution is -0.385. The van der Waals surface area contributed by atoms with Crippen molar-refractivity contribution in [3.05, 3.63) is 39.7 Å². The molecule has 1 aromatic rings. The van der Waals surface area contributed by atoms with Gasteiger partial charge >= 0.3 is 11.8 Å². The monoisotopic (exact) mass is 312 g/mol. The van der Waals surface area contributed by atoms with Crippen molar-refractivity contribution in [3.63, 3.8) is 0 Å². The zero-order valence-corrected chi connectivity index (χ0v) is 12.4. The van der Waals surface area contributed by atoms with Crippen molar-refractivity contribution in [2.75, 3.05) is 6.54 Å². The summed E-state index contributed by atoms with van der Waals surface area (Å²) in [5.74, 6) is -1.55. The largest absolute Gasteiger partial charge is 0.502 e. The smallest absolute Gasteiger partial charge is 0.407 e. The zero-order chi connectivity index (χ0) is 16.9. The van der Waals surface area contributed by atoms with Gasteiger partial charge in [-0.15, -0.1) is 0 Å². The fourth-order valence-corrected chi connectivity index (χ4v) is 1.48. The van der Waals surface area contributed by atoms with Crippen LogP contribution in [0, 0.1) is 15.9 Å². The number of nitrogens with zero attached hydrogens (tertiary/aromatic N) is 1. The molecule has 7 nitrogen and oxygen atoms in total. The van der Waals surface area contributed by atoms with Gasteiger partial charge in [-0.1, -0.05) is 12.2 Å². The number of hydrogen-bond acceptors (Lipinski definition) is 5. The van der Waals surface area contributed by atoms with Crippen LogP contribution < -0.4 is 5.32 Å². The normalized spacial score (nSPS) is 11.5. The Morgan fingerprint density at radius 3 is 2.68 bits per heavy atom. The predicted molar refractivity (Wildman–Crippen MR) is 78.0 cm³/mol. The number of halogens is 1. The summed E-state index contributed by atoms with van der Waals surface area (Å²) in [6.07, 6.45) is 2.04. The highest BCUT2D eigenvalue weighted by molar-refractivity contribution is 5.68.